The Hall–Kier alpha value is -2.88. The molecule has 0 aliphatic carbocycles. The van der Waals surface area contributed by atoms with Crippen molar-refractivity contribution in [3.05, 3.63) is 83.4 Å². The van der Waals surface area contributed by atoms with Gasteiger partial charge in [0.25, 0.3) is 0 Å². The monoisotopic (exact) mass is 574 g/mol. The zero-order chi connectivity index (χ0) is 25.0. The standard InChI is InChI=1S/3C8H10O3.In/c3*1-3-7-8(10)6(9)4-5(2)11-7;/h3*4,10H,3H2,1-2H3;/q;;;+3/p-3. The summed E-state index contributed by atoms with van der Waals surface area (Å²) in [6.45, 7) is 10.4. The third-order valence-corrected chi connectivity index (χ3v) is 8.56. The van der Waals surface area contributed by atoms with Gasteiger partial charge in [-0.3, -0.25) is 0 Å². The second kappa shape index (κ2) is 11.0. The molecule has 180 valence electrons. The average molecular weight is 574 g/mol. The summed E-state index contributed by atoms with van der Waals surface area (Å²) in [6.07, 6.45) is 1.14. The summed E-state index contributed by atoms with van der Waals surface area (Å²) in [6, 6.07) is 3.90. The van der Waals surface area contributed by atoms with Gasteiger partial charge in [-0.15, -0.1) is 0 Å². The molecule has 34 heavy (non-hydrogen) atoms. The van der Waals surface area contributed by atoms with Crippen molar-refractivity contribution in [3.63, 3.8) is 0 Å². The van der Waals surface area contributed by atoms with E-state index in [1.165, 1.54) is 18.2 Å². The molecule has 0 saturated heterocycles. The van der Waals surface area contributed by atoms with E-state index in [9.17, 15) is 14.4 Å². The van der Waals surface area contributed by atoms with Crippen molar-refractivity contribution in [1.29, 1.82) is 0 Å². The first kappa shape index (κ1) is 25.7. The Bertz CT molecular complexity index is 1180. The zero-order valence-electron chi connectivity index (χ0n) is 20.1. The number of rotatable bonds is 9. The van der Waals surface area contributed by atoms with Crippen LogP contribution in [0.4, 0.5) is 0 Å². The minimum absolute atomic E-state index is 0.0574. The predicted octanol–water partition coefficient (Wildman–Crippen LogP) is 3.68. The summed E-state index contributed by atoms with van der Waals surface area (Å²) in [5.41, 5.74) is -1.23. The van der Waals surface area contributed by atoms with E-state index in [-0.39, 0.29) is 17.2 Å². The molecular formula is C24H27InO9. The second-order valence-electron chi connectivity index (χ2n) is 7.62. The first-order chi connectivity index (χ1) is 16.2. The molecule has 0 aliphatic heterocycles. The molecule has 0 aliphatic rings. The fourth-order valence-electron chi connectivity index (χ4n) is 3.40. The van der Waals surface area contributed by atoms with E-state index >= 15 is 0 Å². The van der Waals surface area contributed by atoms with E-state index in [2.05, 4.69) is 0 Å². The van der Waals surface area contributed by atoms with Crippen LogP contribution >= 0.6 is 0 Å². The normalized spacial score (nSPS) is 10.8. The molecule has 0 bridgehead atoms. The molecule has 9 nitrogen and oxygen atoms in total. The first-order valence-electron chi connectivity index (χ1n) is 11.1. The van der Waals surface area contributed by atoms with Crippen LogP contribution < -0.4 is 24.8 Å². The molecule has 3 aromatic heterocycles. The Balaban J connectivity index is 2.12. The molecule has 10 heteroatoms. The molecule has 0 saturated carbocycles. The molecule has 3 rings (SSSR count). The molecule has 3 aromatic rings. The van der Waals surface area contributed by atoms with Crippen molar-refractivity contribution < 1.29 is 21.8 Å². The zero-order valence-corrected chi connectivity index (χ0v) is 23.4. The second-order valence-corrected chi connectivity index (χ2v) is 11.3. The van der Waals surface area contributed by atoms with Crippen molar-refractivity contribution in [2.24, 2.45) is 0 Å². The Labute approximate surface area is 205 Å². The van der Waals surface area contributed by atoms with Crippen molar-refractivity contribution in [1.82, 2.24) is 0 Å². The van der Waals surface area contributed by atoms with Crippen LogP contribution in [0.2, 0.25) is 0 Å². The van der Waals surface area contributed by atoms with Gasteiger partial charge in [0.2, 0.25) is 0 Å². The maximum atomic E-state index is 12.7. The maximum absolute atomic E-state index is 12.7. The van der Waals surface area contributed by atoms with Gasteiger partial charge >= 0.3 is 206 Å². The SMILES string of the molecule is CCc1oc(C)cc(=O)c1[O][In]([O]c1c(CC)oc(C)cc1=O)[O]c1c(CC)oc(C)cc1=O. The van der Waals surface area contributed by atoms with Gasteiger partial charge in [0.15, 0.2) is 0 Å². The van der Waals surface area contributed by atoms with Gasteiger partial charge in [-0.1, -0.05) is 0 Å². The molecule has 0 spiro atoms. The Morgan fingerprint density at radius 3 is 1.09 bits per heavy atom. The average Bonchev–Trinajstić information content (AvgIpc) is 2.77. The van der Waals surface area contributed by atoms with Gasteiger partial charge in [0.1, 0.15) is 0 Å². The summed E-state index contributed by atoms with van der Waals surface area (Å²) in [5, 5.41) is 0. The number of aryl methyl sites for hydroxylation is 6. The van der Waals surface area contributed by atoms with Crippen LogP contribution in [-0.4, -0.2) is 22.7 Å². The van der Waals surface area contributed by atoms with E-state index in [1.807, 2.05) is 20.8 Å². The fourth-order valence-corrected chi connectivity index (χ4v) is 7.58. The van der Waals surface area contributed by atoms with Crippen LogP contribution in [0.3, 0.4) is 0 Å². The summed E-state index contributed by atoms with van der Waals surface area (Å²) in [4.78, 5) is 38.1. The summed E-state index contributed by atoms with van der Waals surface area (Å²) >= 11 is -4.35. The Kier molecular flexibility index (Phi) is 8.35. The number of hydrogen-bond acceptors (Lipinski definition) is 9. The van der Waals surface area contributed by atoms with Crippen molar-refractivity contribution in [2.75, 3.05) is 0 Å². The van der Waals surface area contributed by atoms with E-state index in [0.29, 0.717) is 53.8 Å². The molecule has 3 heterocycles. The van der Waals surface area contributed by atoms with Crippen molar-refractivity contribution in [3.8, 4) is 17.2 Å². The van der Waals surface area contributed by atoms with E-state index in [0.717, 1.165) is 0 Å². The molecule has 0 aromatic carbocycles. The van der Waals surface area contributed by atoms with Gasteiger partial charge in [-0.2, -0.15) is 0 Å². The molecule has 0 atom stereocenters. The van der Waals surface area contributed by atoms with Crippen LogP contribution in [0.5, 0.6) is 17.2 Å². The summed E-state index contributed by atoms with van der Waals surface area (Å²) in [7, 11) is 0. The molecule has 0 unspecified atom stereocenters. The summed E-state index contributed by atoms with van der Waals surface area (Å²) < 4.78 is 34.9. The van der Waals surface area contributed by atoms with Gasteiger partial charge < -0.3 is 0 Å². The minimum atomic E-state index is -4.35. The van der Waals surface area contributed by atoms with E-state index in [4.69, 9.17) is 21.8 Å². The summed E-state index contributed by atoms with van der Waals surface area (Å²) in [5.74, 6) is 2.08. The van der Waals surface area contributed by atoms with Crippen LogP contribution in [0, 0.1) is 20.8 Å². The van der Waals surface area contributed by atoms with Crippen LogP contribution in [0.15, 0.2) is 45.8 Å². The van der Waals surface area contributed by atoms with Gasteiger partial charge in [-0.05, 0) is 0 Å². The van der Waals surface area contributed by atoms with Gasteiger partial charge in [-0.25, -0.2) is 0 Å². The van der Waals surface area contributed by atoms with Gasteiger partial charge in [0, 0.05) is 0 Å². The molecule has 0 radical (unpaired) electrons. The Morgan fingerprint density at radius 2 is 0.853 bits per heavy atom. The molecule has 0 amide bonds. The van der Waals surface area contributed by atoms with Crippen LogP contribution in [-0.2, 0) is 19.3 Å². The molecule has 0 fully saturated rings. The number of hydrogen-bond donors (Lipinski definition) is 0. The molecular weight excluding hydrogens is 547 g/mol. The van der Waals surface area contributed by atoms with Gasteiger partial charge in [0.05, 0.1) is 0 Å². The quantitative estimate of drug-likeness (QED) is 0.377. The first-order valence-corrected chi connectivity index (χ1v) is 15.1. The third-order valence-electron chi connectivity index (χ3n) is 4.89. The Morgan fingerprint density at radius 1 is 0.588 bits per heavy atom. The predicted molar refractivity (Wildman–Crippen MR) is 125 cm³/mol. The molecule has 0 N–H and O–H groups in total. The third kappa shape index (κ3) is 5.78. The van der Waals surface area contributed by atoms with E-state index < -0.39 is 39.0 Å². The topological polar surface area (TPSA) is 118 Å². The van der Waals surface area contributed by atoms with Crippen molar-refractivity contribution >= 4 is 22.7 Å². The van der Waals surface area contributed by atoms with Crippen LogP contribution in [0.25, 0.3) is 0 Å². The van der Waals surface area contributed by atoms with Crippen LogP contribution in [0.1, 0.15) is 55.3 Å². The van der Waals surface area contributed by atoms with E-state index in [1.54, 1.807) is 20.8 Å². The van der Waals surface area contributed by atoms with Crippen molar-refractivity contribution in [2.45, 2.75) is 60.8 Å². The fraction of sp³-hybridized carbons (Fsp3) is 0.375.